The molecule has 0 aliphatic heterocycles. The van der Waals surface area contributed by atoms with Crippen molar-refractivity contribution in [3.63, 3.8) is 0 Å². The molecule has 0 spiro atoms. The average molecular weight is 244 g/mol. The molecule has 0 aromatic carbocycles. The predicted molar refractivity (Wildman–Crippen MR) is 55.4 cm³/mol. The van der Waals surface area contributed by atoms with Crippen molar-refractivity contribution in [1.82, 2.24) is 4.98 Å². The Kier molecular flexibility index (Phi) is 2.87. The van der Waals surface area contributed by atoms with Crippen LogP contribution in [0.5, 0.6) is 0 Å². The molecule has 3 N–H and O–H groups in total. The van der Waals surface area contributed by atoms with Crippen LogP contribution < -0.4 is 11.1 Å². The zero-order valence-corrected chi connectivity index (χ0v) is 8.97. The fourth-order valence-electron chi connectivity index (χ4n) is 0.860. The summed E-state index contributed by atoms with van der Waals surface area (Å²) in [5.74, 6) is 0.231. The van der Waals surface area contributed by atoms with Gasteiger partial charge in [0, 0.05) is 17.6 Å². The number of hydrogen-bond acceptors (Lipinski definition) is 3. The minimum atomic E-state index is -0.180. The molecule has 0 aliphatic rings. The summed E-state index contributed by atoms with van der Waals surface area (Å²) in [6, 6.07) is 0. The van der Waals surface area contributed by atoms with Gasteiger partial charge in [-0.2, -0.15) is 0 Å². The summed E-state index contributed by atoms with van der Waals surface area (Å²) in [6.45, 7) is 3.27. The highest BCUT2D eigenvalue weighted by molar-refractivity contribution is 9.10. The molecule has 1 aromatic heterocycles. The van der Waals surface area contributed by atoms with Gasteiger partial charge in [0.1, 0.15) is 0 Å². The summed E-state index contributed by atoms with van der Waals surface area (Å²) < 4.78 is 0.833. The fraction of sp³-hybridized carbons (Fsp3) is 0.250. The lowest BCUT2D eigenvalue weighted by Crippen LogP contribution is -2.10. The number of anilines is 2. The maximum Gasteiger partial charge on any atom is 0.222 e. The number of nitrogens with two attached hydrogens (primary N) is 1. The van der Waals surface area contributed by atoms with E-state index in [1.54, 1.807) is 6.20 Å². The van der Waals surface area contributed by atoms with Gasteiger partial charge in [0.05, 0.1) is 5.69 Å². The SMILES string of the molecule is CC(=O)Nc1ncc(Br)c(C)c1N. The van der Waals surface area contributed by atoms with Crippen LogP contribution in [0.15, 0.2) is 10.7 Å². The number of amides is 1. The van der Waals surface area contributed by atoms with Crippen LogP contribution in [0.3, 0.4) is 0 Å². The van der Waals surface area contributed by atoms with Gasteiger partial charge in [-0.15, -0.1) is 0 Å². The Balaban J connectivity index is 3.10. The lowest BCUT2D eigenvalue weighted by atomic mass is 10.2. The van der Waals surface area contributed by atoms with Crippen molar-refractivity contribution < 1.29 is 4.79 Å². The van der Waals surface area contributed by atoms with Crippen molar-refractivity contribution in [2.45, 2.75) is 13.8 Å². The molecule has 0 unspecified atom stereocenters. The second-order valence-corrected chi connectivity index (χ2v) is 3.53. The molecule has 70 valence electrons. The molecular formula is C8H10BrN3O. The number of halogens is 1. The molecule has 0 saturated carbocycles. The first-order chi connectivity index (χ1) is 6.02. The standard InChI is InChI=1S/C8H10BrN3O/c1-4-6(9)3-11-8(7(4)10)12-5(2)13/h3H,10H2,1-2H3,(H,11,12,13). The summed E-state index contributed by atoms with van der Waals surface area (Å²) in [6.07, 6.45) is 1.61. The van der Waals surface area contributed by atoms with E-state index < -0.39 is 0 Å². The van der Waals surface area contributed by atoms with Gasteiger partial charge in [-0.3, -0.25) is 4.79 Å². The van der Waals surface area contributed by atoms with Gasteiger partial charge in [0.15, 0.2) is 5.82 Å². The molecule has 1 heterocycles. The third-order valence-electron chi connectivity index (χ3n) is 1.62. The Morgan fingerprint density at radius 1 is 1.69 bits per heavy atom. The van der Waals surface area contributed by atoms with E-state index in [2.05, 4.69) is 26.2 Å². The van der Waals surface area contributed by atoms with Crippen LogP contribution in [0.1, 0.15) is 12.5 Å². The molecule has 0 atom stereocenters. The van der Waals surface area contributed by atoms with Gasteiger partial charge in [0.2, 0.25) is 5.91 Å². The first kappa shape index (κ1) is 9.98. The van der Waals surface area contributed by atoms with Crippen LogP contribution in [0.25, 0.3) is 0 Å². The zero-order valence-electron chi connectivity index (χ0n) is 7.39. The van der Waals surface area contributed by atoms with Gasteiger partial charge in [-0.25, -0.2) is 4.98 Å². The summed E-state index contributed by atoms with van der Waals surface area (Å²) in [5.41, 5.74) is 7.09. The highest BCUT2D eigenvalue weighted by Crippen LogP contribution is 2.26. The van der Waals surface area contributed by atoms with Gasteiger partial charge < -0.3 is 11.1 Å². The van der Waals surface area contributed by atoms with Crippen molar-refractivity contribution in [3.8, 4) is 0 Å². The molecule has 5 heteroatoms. The minimum absolute atomic E-state index is 0.180. The van der Waals surface area contributed by atoms with Crippen molar-refractivity contribution in [2.75, 3.05) is 11.1 Å². The molecule has 0 saturated heterocycles. The molecule has 0 aliphatic carbocycles. The molecule has 0 bridgehead atoms. The molecule has 13 heavy (non-hydrogen) atoms. The minimum Gasteiger partial charge on any atom is -0.395 e. The molecule has 1 rings (SSSR count). The van der Waals surface area contributed by atoms with Crippen LogP contribution in [0, 0.1) is 6.92 Å². The normalized spacial score (nSPS) is 9.77. The quantitative estimate of drug-likeness (QED) is 0.789. The molecule has 4 nitrogen and oxygen atoms in total. The number of carbonyl (C=O) groups is 1. The number of aromatic nitrogens is 1. The Hall–Kier alpha value is -1.10. The number of rotatable bonds is 1. The van der Waals surface area contributed by atoms with E-state index in [4.69, 9.17) is 5.73 Å². The van der Waals surface area contributed by atoms with E-state index in [1.165, 1.54) is 6.92 Å². The first-order valence-corrected chi connectivity index (χ1v) is 4.50. The van der Waals surface area contributed by atoms with Gasteiger partial charge in [-0.05, 0) is 28.4 Å². The third-order valence-corrected chi connectivity index (χ3v) is 2.42. The van der Waals surface area contributed by atoms with Crippen LogP contribution in [-0.4, -0.2) is 10.9 Å². The zero-order chi connectivity index (χ0) is 10.0. The molecular weight excluding hydrogens is 234 g/mol. The summed E-state index contributed by atoms with van der Waals surface area (Å²) in [4.78, 5) is 14.7. The lowest BCUT2D eigenvalue weighted by molar-refractivity contribution is -0.114. The van der Waals surface area contributed by atoms with E-state index in [0.717, 1.165) is 10.0 Å². The monoisotopic (exact) mass is 243 g/mol. The molecule has 0 fully saturated rings. The first-order valence-electron chi connectivity index (χ1n) is 3.70. The number of hydrogen-bond donors (Lipinski definition) is 2. The number of pyridine rings is 1. The average Bonchev–Trinajstić information content (AvgIpc) is 2.06. The Morgan fingerprint density at radius 3 is 2.85 bits per heavy atom. The smallest absolute Gasteiger partial charge is 0.222 e. The lowest BCUT2D eigenvalue weighted by Gasteiger charge is -2.08. The van der Waals surface area contributed by atoms with Crippen molar-refractivity contribution in [1.29, 1.82) is 0 Å². The van der Waals surface area contributed by atoms with Crippen molar-refractivity contribution in [3.05, 3.63) is 16.2 Å². The Labute approximate surface area is 84.7 Å². The number of nitrogens with one attached hydrogen (secondary N) is 1. The largest absolute Gasteiger partial charge is 0.395 e. The van der Waals surface area contributed by atoms with Crippen LogP contribution in [-0.2, 0) is 4.79 Å². The van der Waals surface area contributed by atoms with E-state index >= 15 is 0 Å². The maximum absolute atomic E-state index is 10.7. The third kappa shape index (κ3) is 2.18. The van der Waals surface area contributed by atoms with Crippen LogP contribution in [0.2, 0.25) is 0 Å². The molecule has 1 amide bonds. The number of nitrogens with zero attached hydrogens (tertiary/aromatic N) is 1. The predicted octanol–water partition coefficient (Wildman–Crippen LogP) is 1.69. The second-order valence-electron chi connectivity index (χ2n) is 2.67. The highest BCUT2D eigenvalue weighted by Gasteiger charge is 2.07. The summed E-state index contributed by atoms with van der Waals surface area (Å²) >= 11 is 3.29. The van der Waals surface area contributed by atoms with E-state index in [1.807, 2.05) is 6.92 Å². The van der Waals surface area contributed by atoms with Crippen LogP contribution in [0.4, 0.5) is 11.5 Å². The van der Waals surface area contributed by atoms with Crippen molar-refractivity contribution in [2.24, 2.45) is 0 Å². The Bertz CT molecular complexity index is 351. The van der Waals surface area contributed by atoms with E-state index in [-0.39, 0.29) is 5.91 Å². The molecule has 1 aromatic rings. The summed E-state index contributed by atoms with van der Waals surface area (Å²) in [7, 11) is 0. The van der Waals surface area contributed by atoms with Gasteiger partial charge in [0.25, 0.3) is 0 Å². The fourth-order valence-corrected chi connectivity index (χ4v) is 1.18. The van der Waals surface area contributed by atoms with E-state index in [9.17, 15) is 4.79 Å². The van der Waals surface area contributed by atoms with Crippen molar-refractivity contribution >= 4 is 33.3 Å². The van der Waals surface area contributed by atoms with E-state index in [0.29, 0.717) is 11.5 Å². The van der Waals surface area contributed by atoms with Gasteiger partial charge in [-0.1, -0.05) is 0 Å². The number of carbonyl (C=O) groups excluding carboxylic acids is 1. The van der Waals surface area contributed by atoms with Crippen LogP contribution >= 0.6 is 15.9 Å². The maximum atomic E-state index is 10.7. The number of nitrogen functional groups attached to an aromatic ring is 1. The molecule has 0 radical (unpaired) electrons. The highest BCUT2D eigenvalue weighted by atomic mass is 79.9. The topological polar surface area (TPSA) is 68.0 Å². The Morgan fingerprint density at radius 2 is 2.31 bits per heavy atom. The van der Waals surface area contributed by atoms with Gasteiger partial charge >= 0.3 is 0 Å². The second kappa shape index (κ2) is 3.74. The summed E-state index contributed by atoms with van der Waals surface area (Å²) in [5, 5.41) is 2.55.